The van der Waals surface area contributed by atoms with Crippen molar-refractivity contribution in [3.05, 3.63) is 48.0 Å². The molecule has 4 rings (SSSR count). The van der Waals surface area contributed by atoms with Gasteiger partial charge in [0.15, 0.2) is 0 Å². The van der Waals surface area contributed by atoms with Crippen LogP contribution in [0.2, 0.25) is 0 Å². The number of fused-ring (bicyclic) bond motifs is 1. The molecule has 0 saturated carbocycles. The fraction of sp³-hybridized carbons (Fsp3) is 0.300. The molecule has 1 atom stereocenters. The van der Waals surface area contributed by atoms with Gasteiger partial charge in [-0.15, -0.1) is 0 Å². The van der Waals surface area contributed by atoms with Crippen LogP contribution in [0.15, 0.2) is 36.7 Å². The number of piperazine rings is 1. The number of halogens is 1. The molecular formula is C20H20FN5O2. The summed E-state index contributed by atoms with van der Waals surface area (Å²) in [5, 5.41) is 4.58. The molecule has 1 aliphatic heterocycles. The Balaban J connectivity index is 1.85. The van der Waals surface area contributed by atoms with Crippen molar-refractivity contribution in [2.24, 2.45) is 7.05 Å². The average Bonchev–Trinajstić information content (AvgIpc) is 3.11. The zero-order valence-corrected chi connectivity index (χ0v) is 15.9. The van der Waals surface area contributed by atoms with E-state index in [1.807, 2.05) is 0 Å². The van der Waals surface area contributed by atoms with Crippen LogP contribution in [0.25, 0.3) is 22.2 Å². The standard InChI is InChI=1S/C20H20FN5O2/c1-12-19(27)24(2)6-7-26(12)20(28)16-9-18(13-10-22-25(3)11-13)23-17-5-4-14(21)8-15(16)17/h4-5,8-12H,6-7H2,1-3H3. The Morgan fingerprint density at radius 1 is 1.21 bits per heavy atom. The number of likely N-dealkylation sites (N-methyl/N-ethyl adjacent to an activating group) is 1. The summed E-state index contributed by atoms with van der Waals surface area (Å²) in [6.07, 6.45) is 3.46. The molecule has 0 N–H and O–H groups in total. The summed E-state index contributed by atoms with van der Waals surface area (Å²) in [5.74, 6) is -0.867. The molecular weight excluding hydrogens is 361 g/mol. The molecule has 0 aliphatic carbocycles. The molecule has 1 aromatic carbocycles. The van der Waals surface area contributed by atoms with Gasteiger partial charge in [-0.2, -0.15) is 5.10 Å². The summed E-state index contributed by atoms with van der Waals surface area (Å²) in [7, 11) is 3.52. The highest BCUT2D eigenvalue weighted by atomic mass is 19.1. The number of hydrogen-bond acceptors (Lipinski definition) is 4. The molecule has 1 aliphatic rings. The van der Waals surface area contributed by atoms with Crippen LogP contribution in [0.1, 0.15) is 17.3 Å². The lowest BCUT2D eigenvalue weighted by Crippen LogP contribution is -2.56. The van der Waals surface area contributed by atoms with Gasteiger partial charge in [-0.25, -0.2) is 9.37 Å². The summed E-state index contributed by atoms with van der Waals surface area (Å²) >= 11 is 0. The minimum atomic E-state index is -0.579. The van der Waals surface area contributed by atoms with Gasteiger partial charge in [0, 0.05) is 44.3 Å². The quantitative estimate of drug-likeness (QED) is 0.681. The molecule has 0 radical (unpaired) electrons. The zero-order valence-electron chi connectivity index (χ0n) is 15.9. The topological polar surface area (TPSA) is 71.3 Å². The Hall–Kier alpha value is -3.29. The molecule has 1 fully saturated rings. The van der Waals surface area contributed by atoms with E-state index in [1.54, 1.807) is 55.1 Å². The van der Waals surface area contributed by atoms with Crippen molar-refractivity contribution < 1.29 is 14.0 Å². The third kappa shape index (κ3) is 3.00. The molecule has 144 valence electrons. The Kier molecular flexibility index (Phi) is 4.33. The lowest BCUT2D eigenvalue weighted by molar-refractivity contribution is -0.137. The van der Waals surface area contributed by atoms with E-state index in [0.29, 0.717) is 35.2 Å². The third-order valence-electron chi connectivity index (χ3n) is 5.14. The van der Waals surface area contributed by atoms with Crippen LogP contribution in [0, 0.1) is 5.82 Å². The predicted octanol–water partition coefficient (Wildman–Crippen LogP) is 2.08. The van der Waals surface area contributed by atoms with E-state index in [4.69, 9.17) is 0 Å². The number of amides is 2. The first-order valence-corrected chi connectivity index (χ1v) is 9.00. The Morgan fingerprint density at radius 2 is 2.00 bits per heavy atom. The number of carbonyl (C=O) groups excluding carboxylic acids is 2. The molecule has 28 heavy (non-hydrogen) atoms. The average molecular weight is 381 g/mol. The normalized spacial score (nSPS) is 17.4. The van der Waals surface area contributed by atoms with Crippen molar-refractivity contribution in [2.75, 3.05) is 20.1 Å². The number of hydrogen-bond donors (Lipinski definition) is 0. The first-order valence-electron chi connectivity index (χ1n) is 9.00. The summed E-state index contributed by atoms with van der Waals surface area (Å²) in [5.41, 5.74) is 2.17. The zero-order chi connectivity index (χ0) is 20.0. The monoisotopic (exact) mass is 381 g/mol. The second-order valence-electron chi connectivity index (χ2n) is 7.05. The molecule has 1 unspecified atom stereocenters. The lowest BCUT2D eigenvalue weighted by Gasteiger charge is -2.37. The van der Waals surface area contributed by atoms with Gasteiger partial charge >= 0.3 is 0 Å². The van der Waals surface area contributed by atoms with Gasteiger partial charge in [0.25, 0.3) is 5.91 Å². The van der Waals surface area contributed by atoms with Crippen molar-refractivity contribution in [3.63, 3.8) is 0 Å². The molecule has 2 amide bonds. The summed E-state index contributed by atoms with van der Waals surface area (Å²) in [6, 6.07) is 5.25. The predicted molar refractivity (Wildman–Crippen MR) is 102 cm³/mol. The minimum Gasteiger partial charge on any atom is -0.342 e. The number of aromatic nitrogens is 3. The minimum absolute atomic E-state index is 0.114. The van der Waals surface area contributed by atoms with E-state index < -0.39 is 11.9 Å². The Bertz CT molecular complexity index is 1090. The van der Waals surface area contributed by atoms with E-state index in [2.05, 4.69) is 10.1 Å². The maximum absolute atomic E-state index is 13.9. The van der Waals surface area contributed by atoms with Gasteiger partial charge in [-0.05, 0) is 31.2 Å². The van der Waals surface area contributed by atoms with Crippen LogP contribution >= 0.6 is 0 Å². The Morgan fingerprint density at radius 3 is 2.71 bits per heavy atom. The molecule has 0 spiro atoms. The number of nitrogens with zero attached hydrogens (tertiary/aromatic N) is 5. The molecule has 8 heteroatoms. The first kappa shape index (κ1) is 18.1. The Labute approximate surface area is 161 Å². The van der Waals surface area contributed by atoms with Gasteiger partial charge < -0.3 is 9.80 Å². The van der Waals surface area contributed by atoms with E-state index in [9.17, 15) is 14.0 Å². The second kappa shape index (κ2) is 6.70. The van der Waals surface area contributed by atoms with Crippen LogP contribution in [-0.2, 0) is 11.8 Å². The van der Waals surface area contributed by atoms with Gasteiger partial charge in [0.1, 0.15) is 11.9 Å². The van der Waals surface area contributed by atoms with Crippen LogP contribution in [0.4, 0.5) is 4.39 Å². The second-order valence-corrected chi connectivity index (χ2v) is 7.05. The van der Waals surface area contributed by atoms with E-state index in [1.165, 1.54) is 17.0 Å². The summed E-state index contributed by atoms with van der Waals surface area (Å²) in [4.78, 5) is 33.4. The fourth-order valence-corrected chi connectivity index (χ4v) is 3.52. The molecule has 3 heterocycles. The first-order chi connectivity index (χ1) is 13.3. The number of benzene rings is 1. The highest BCUT2D eigenvalue weighted by molar-refractivity contribution is 6.08. The SMILES string of the molecule is CC1C(=O)N(C)CCN1C(=O)c1cc(-c2cnn(C)c2)nc2ccc(F)cc12. The van der Waals surface area contributed by atoms with E-state index in [0.717, 1.165) is 5.56 Å². The third-order valence-corrected chi connectivity index (χ3v) is 5.14. The largest absolute Gasteiger partial charge is 0.342 e. The fourth-order valence-electron chi connectivity index (χ4n) is 3.52. The number of aryl methyl sites for hydroxylation is 1. The number of pyridine rings is 1. The lowest BCUT2D eigenvalue weighted by atomic mass is 10.0. The highest BCUT2D eigenvalue weighted by Gasteiger charge is 2.33. The molecule has 2 aromatic heterocycles. The maximum Gasteiger partial charge on any atom is 0.255 e. The van der Waals surface area contributed by atoms with Crippen molar-refractivity contribution in [2.45, 2.75) is 13.0 Å². The van der Waals surface area contributed by atoms with Gasteiger partial charge in [0.05, 0.1) is 23.0 Å². The highest BCUT2D eigenvalue weighted by Crippen LogP contribution is 2.27. The maximum atomic E-state index is 13.9. The van der Waals surface area contributed by atoms with Crippen LogP contribution < -0.4 is 0 Å². The van der Waals surface area contributed by atoms with Crippen molar-refractivity contribution >= 4 is 22.7 Å². The van der Waals surface area contributed by atoms with Crippen molar-refractivity contribution in [1.82, 2.24) is 24.6 Å². The van der Waals surface area contributed by atoms with Gasteiger partial charge in [-0.1, -0.05) is 0 Å². The van der Waals surface area contributed by atoms with Crippen molar-refractivity contribution in [3.8, 4) is 11.3 Å². The molecule has 1 saturated heterocycles. The van der Waals surface area contributed by atoms with Gasteiger partial charge in [-0.3, -0.25) is 14.3 Å². The van der Waals surface area contributed by atoms with Gasteiger partial charge in [0.2, 0.25) is 5.91 Å². The van der Waals surface area contributed by atoms with Crippen LogP contribution in [0.5, 0.6) is 0 Å². The number of carbonyl (C=O) groups is 2. The van der Waals surface area contributed by atoms with Crippen LogP contribution in [0.3, 0.4) is 0 Å². The molecule has 7 nitrogen and oxygen atoms in total. The number of rotatable bonds is 2. The smallest absolute Gasteiger partial charge is 0.255 e. The molecule has 3 aromatic rings. The van der Waals surface area contributed by atoms with Crippen LogP contribution in [-0.4, -0.2) is 62.6 Å². The summed E-state index contributed by atoms with van der Waals surface area (Å²) in [6.45, 7) is 2.59. The summed E-state index contributed by atoms with van der Waals surface area (Å²) < 4.78 is 15.6. The van der Waals surface area contributed by atoms with E-state index in [-0.39, 0.29) is 11.8 Å². The molecule has 0 bridgehead atoms. The van der Waals surface area contributed by atoms with E-state index >= 15 is 0 Å². The van der Waals surface area contributed by atoms with Crippen molar-refractivity contribution in [1.29, 1.82) is 0 Å².